The number of hydrogen-bond donors (Lipinski definition) is 1. The Balaban J connectivity index is 2.35. The van der Waals surface area contributed by atoms with Gasteiger partial charge in [-0.1, -0.05) is 27.7 Å². The Kier molecular flexibility index (Phi) is 7.04. The first-order valence-electron chi connectivity index (χ1n) is 7.51. The first kappa shape index (κ1) is 16.3. The summed E-state index contributed by atoms with van der Waals surface area (Å²) in [7, 11) is 0. The van der Waals surface area contributed by atoms with Crippen LogP contribution in [0.5, 0.6) is 0 Å². The van der Waals surface area contributed by atoms with Crippen molar-refractivity contribution in [1.29, 1.82) is 0 Å². The van der Waals surface area contributed by atoms with E-state index in [4.69, 9.17) is 5.73 Å². The Morgan fingerprint density at radius 1 is 1.28 bits per heavy atom. The second kappa shape index (κ2) is 7.76. The van der Waals surface area contributed by atoms with E-state index in [9.17, 15) is 0 Å². The molecule has 0 aromatic heterocycles. The van der Waals surface area contributed by atoms with Crippen molar-refractivity contribution in [2.24, 2.45) is 17.1 Å². The molecule has 1 saturated heterocycles. The van der Waals surface area contributed by atoms with Crippen LogP contribution in [0, 0.1) is 11.3 Å². The Labute approximate surface area is 118 Å². The van der Waals surface area contributed by atoms with Crippen molar-refractivity contribution in [1.82, 2.24) is 4.90 Å². The molecule has 0 radical (unpaired) electrons. The molecule has 0 amide bonds. The summed E-state index contributed by atoms with van der Waals surface area (Å²) in [6, 6.07) is 0.616. The summed E-state index contributed by atoms with van der Waals surface area (Å²) in [5.74, 6) is 3.37. The molecule has 0 bridgehead atoms. The molecule has 1 atom stereocenters. The molecule has 3 heteroatoms. The van der Waals surface area contributed by atoms with Crippen LogP contribution in [0.1, 0.15) is 47.0 Å². The molecule has 1 fully saturated rings. The molecule has 0 aromatic carbocycles. The van der Waals surface area contributed by atoms with Crippen molar-refractivity contribution in [3.63, 3.8) is 0 Å². The summed E-state index contributed by atoms with van der Waals surface area (Å²) < 4.78 is 0. The van der Waals surface area contributed by atoms with Gasteiger partial charge in [-0.25, -0.2) is 0 Å². The molecule has 1 aliphatic heterocycles. The van der Waals surface area contributed by atoms with Gasteiger partial charge >= 0.3 is 0 Å². The van der Waals surface area contributed by atoms with Crippen molar-refractivity contribution in [2.75, 3.05) is 31.1 Å². The maximum absolute atomic E-state index is 5.96. The maximum Gasteiger partial charge on any atom is 0.0226 e. The third kappa shape index (κ3) is 5.10. The van der Waals surface area contributed by atoms with E-state index < -0.39 is 0 Å². The van der Waals surface area contributed by atoms with E-state index in [2.05, 4.69) is 32.6 Å². The van der Waals surface area contributed by atoms with Crippen LogP contribution in [0.3, 0.4) is 0 Å². The molecule has 1 rings (SSSR count). The van der Waals surface area contributed by atoms with Crippen molar-refractivity contribution >= 4 is 11.8 Å². The molecule has 0 aliphatic carbocycles. The summed E-state index contributed by atoms with van der Waals surface area (Å²) in [6.45, 7) is 12.7. The summed E-state index contributed by atoms with van der Waals surface area (Å²) in [5, 5.41) is 0. The third-order valence-electron chi connectivity index (χ3n) is 4.34. The van der Waals surface area contributed by atoms with Crippen molar-refractivity contribution in [3.8, 4) is 0 Å². The molecular weight excluding hydrogens is 240 g/mol. The van der Waals surface area contributed by atoms with E-state index in [1.165, 1.54) is 43.9 Å². The van der Waals surface area contributed by atoms with Crippen LogP contribution in [0.2, 0.25) is 0 Å². The van der Waals surface area contributed by atoms with Gasteiger partial charge in [-0.05, 0) is 55.2 Å². The van der Waals surface area contributed by atoms with Gasteiger partial charge in [-0.15, -0.1) is 0 Å². The van der Waals surface area contributed by atoms with Crippen LogP contribution >= 0.6 is 11.8 Å². The van der Waals surface area contributed by atoms with Gasteiger partial charge in [0.2, 0.25) is 0 Å². The molecule has 18 heavy (non-hydrogen) atoms. The molecule has 1 aliphatic rings. The van der Waals surface area contributed by atoms with Gasteiger partial charge in [0, 0.05) is 12.6 Å². The number of thioether (sulfide) groups is 1. The largest absolute Gasteiger partial charge is 0.329 e. The van der Waals surface area contributed by atoms with Gasteiger partial charge in [0.25, 0.3) is 0 Å². The highest BCUT2D eigenvalue weighted by molar-refractivity contribution is 7.99. The summed E-state index contributed by atoms with van der Waals surface area (Å²) >= 11 is 2.04. The lowest BCUT2D eigenvalue weighted by atomic mass is 9.75. The first-order chi connectivity index (χ1) is 8.49. The molecule has 1 heterocycles. The number of rotatable bonds is 6. The zero-order valence-electron chi connectivity index (χ0n) is 12.7. The maximum atomic E-state index is 5.96. The SMILES string of the molecule is CCSCCC(CN)N1CCC(C(C)(C)C)CC1. The summed E-state index contributed by atoms with van der Waals surface area (Å²) in [4.78, 5) is 2.64. The fourth-order valence-electron chi connectivity index (χ4n) is 2.94. The van der Waals surface area contributed by atoms with E-state index in [-0.39, 0.29) is 0 Å². The average Bonchev–Trinajstić information content (AvgIpc) is 2.34. The standard InChI is InChI=1S/C15H32N2S/c1-5-18-11-8-14(12-16)17-9-6-13(7-10-17)15(2,3)4/h13-14H,5-12,16H2,1-4H3. The van der Waals surface area contributed by atoms with Crippen molar-refractivity contribution < 1.29 is 0 Å². The van der Waals surface area contributed by atoms with E-state index in [1.54, 1.807) is 0 Å². The molecule has 0 saturated carbocycles. The van der Waals surface area contributed by atoms with Crippen molar-refractivity contribution in [2.45, 2.75) is 53.0 Å². The number of likely N-dealkylation sites (tertiary alicyclic amines) is 1. The molecule has 2 N–H and O–H groups in total. The number of hydrogen-bond acceptors (Lipinski definition) is 3. The van der Waals surface area contributed by atoms with Crippen LogP contribution in [0.15, 0.2) is 0 Å². The van der Waals surface area contributed by atoms with E-state index in [0.29, 0.717) is 11.5 Å². The average molecular weight is 273 g/mol. The molecule has 2 nitrogen and oxygen atoms in total. The molecule has 108 valence electrons. The Morgan fingerprint density at radius 2 is 1.89 bits per heavy atom. The Morgan fingerprint density at radius 3 is 2.33 bits per heavy atom. The van der Waals surface area contributed by atoms with E-state index >= 15 is 0 Å². The lowest BCUT2D eigenvalue weighted by Gasteiger charge is -2.41. The van der Waals surface area contributed by atoms with Gasteiger partial charge in [-0.2, -0.15) is 11.8 Å². The minimum Gasteiger partial charge on any atom is -0.329 e. The smallest absolute Gasteiger partial charge is 0.0226 e. The van der Waals surface area contributed by atoms with Gasteiger partial charge in [-0.3, -0.25) is 4.90 Å². The highest BCUT2D eigenvalue weighted by Gasteiger charge is 2.30. The zero-order chi connectivity index (χ0) is 13.6. The molecule has 0 aromatic rings. The predicted octanol–water partition coefficient (Wildman–Crippen LogP) is 3.22. The monoisotopic (exact) mass is 272 g/mol. The van der Waals surface area contributed by atoms with Crippen LogP contribution in [0.25, 0.3) is 0 Å². The topological polar surface area (TPSA) is 29.3 Å². The van der Waals surface area contributed by atoms with Gasteiger partial charge in [0.05, 0.1) is 0 Å². The van der Waals surface area contributed by atoms with E-state index in [0.717, 1.165) is 12.5 Å². The minimum absolute atomic E-state index is 0.475. The highest BCUT2D eigenvalue weighted by atomic mass is 32.2. The van der Waals surface area contributed by atoms with Gasteiger partial charge in [0.1, 0.15) is 0 Å². The minimum atomic E-state index is 0.475. The Bertz CT molecular complexity index is 217. The number of piperidine rings is 1. The van der Waals surface area contributed by atoms with Crippen LogP contribution in [0.4, 0.5) is 0 Å². The number of nitrogens with two attached hydrogens (primary N) is 1. The zero-order valence-corrected chi connectivity index (χ0v) is 13.6. The van der Waals surface area contributed by atoms with Gasteiger partial charge < -0.3 is 5.73 Å². The number of nitrogens with zero attached hydrogens (tertiary/aromatic N) is 1. The normalized spacial score (nSPS) is 21.2. The first-order valence-corrected chi connectivity index (χ1v) is 8.66. The lowest BCUT2D eigenvalue weighted by Crippen LogP contribution is -2.47. The fourth-order valence-corrected chi connectivity index (χ4v) is 3.67. The van der Waals surface area contributed by atoms with Crippen LogP contribution in [-0.4, -0.2) is 42.1 Å². The highest BCUT2D eigenvalue weighted by Crippen LogP contribution is 2.34. The molecular formula is C15H32N2S. The van der Waals surface area contributed by atoms with Gasteiger partial charge in [0.15, 0.2) is 0 Å². The van der Waals surface area contributed by atoms with E-state index in [1.807, 2.05) is 11.8 Å². The van der Waals surface area contributed by atoms with Crippen LogP contribution < -0.4 is 5.73 Å². The quantitative estimate of drug-likeness (QED) is 0.753. The summed E-state index contributed by atoms with van der Waals surface area (Å²) in [5.41, 5.74) is 6.43. The molecule has 0 spiro atoms. The lowest BCUT2D eigenvalue weighted by molar-refractivity contribution is 0.0838. The third-order valence-corrected chi connectivity index (χ3v) is 5.27. The molecule has 1 unspecified atom stereocenters. The second-order valence-corrected chi connectivity index (χ2v) is 7.95. The second-order valence-electron chi connectivity index (χ2n) is 6.55. The fraction of sp³-hybridized carbons (Fsp3) is 1.00. The van der Waals surface area contributed by atoms with Crippen molar-refractivity contribution in [3.05, 3.63) is 0 Å². The Hall–Kier alpha value is 0.270. The summed E-state index contributed by atoms with van der Waals surface area (Å²) in [6.07, 6.45) is 3.96. The van der Waals surface area contributed by atoms with Crippen LogP contribution in [-0.2, 0) is 0 Å². The predicted molar refractivity (Wildman–Crippen MR) is 84.2 cm³/mol.